The maximum absolute atomic E-state index is 11.8. The molecule has 0 radical (unpaired) electrons. The second kappa shape index (κ2) is 6.68. The van der Waals surface area contributed by atoms with E-state index in [1.54, 1.807) is 17.4 Å². The summed E-state index contributed by atoms with van der Waals surface area (Å²) < 4.78 is 1.03. The Bertz CT molecular complexity index is 560. The molecule has 2 nitrogen and oxygen atoms in total. The van der Waals surface area contributed by atoms with Gasteiger partial charge >= 0.3 is 0 Å². The molecule has 19 heavy (non-hydrogen) atoms. The monoisotopic (exact) mass is 335 g/mol. The minimum absolute atomic E-state index is 0.00594. The molecule has 1 aromatic heterocycles. The van der Waals surface area contributed by atoms with E-state index < -0.39 is 0 Å². The van der Waals surface area contributed by atoms with E-state index in [0.717, 1.165) is 14.9 Å². The lowest BCUT2D eigenvalue weighted by atomic mass is 10.1. The third kappa shape index (κ3) is 4.33. The predicted molar refractivity (Wildman–Crippen MR) is 84.1 cm³/mol. The molecule has 4 heteroatoms. The van der Waals surface area contributed by atoms with Crippen LogP contribution in [0.2, 0.25) is 0 Å². The normalized spacial score (nSPS) is 12.5. The van der Waals surface area contributed by atoms with Crippen molar-refractivity contribution in [3.8, 4) is 0 Å². The molecule has 98 valence electrons. The van der Waals surface area contributed by atoms with Crippen molar-refractivity contribution in [3.05, 3.63) is 62.8 Å². The van der Waals surface area contributed by atoms with Crippen molar-refractivity contribution in [2.24, 2.45) is 0 Å². The fourth-order valence-corrected chi connectivity index (χ4v) is 2.52. The van der Waals surface area contributed by atoms with Crippen LogP contribution in [0.3, 0.4) is 0 Å². The van der Waals surface area contributed by atoms with Crippen LogP contribution in [0.4, 0.5) is 0 Å². The van der Waals surface area contributed by atoms with E-state index in [0.29, 0.717) is 0 Å². The van der Waals surface area contributed by atoms with E-state index >= 15 is 0 Å². The fraction of sp³-hybridized carbons (Fsp3) is 0.133. The highest BCUT2D eigenvalue weighted by molar-refractivity contribution is 9.10. The van der Waals surface area contributed by atoms with Crippen molar-refractivity contribution in [3.63, 3.8) is 0 Å². The van der Waals surface area contributed by atoms with Crippen LogP contribution in [-0.2, 0) is 4.79 Å². The number of thiophene rings is 1. The van der Waals surface area contributed by atoms with Crippen molar-refractivity contribution < 1.29 is 4.79 Å². The van der Waals surface area contributed by atoms with Crippen molar-refractivity contribution in [2.45, 2.75) is 13.0 Å². The number of carbonyl (C=O) groups is 1. The van der Waals surface area contributed by atoms with E-state index in [-0.39, 0.29) is 11.9 Å². The van der Waals surface area contributed by atoms with Gasteiger partial charge in [-0.1, -0.05) is 34.1 Å². The Kier molecular flexibility index (Phi) is 4.93. The van der Waals surface area contributed by atoms with Gasteiger partial charge in [0.1, 0.15) is 0 Å². The molecule has 1 atom stereocenters. The largest absolute Gasteiger partial charge is 0.346 e. The van der Waals surface area contributed by atoms with Crippen LogP contribution in [0.25, 0.3) is 6.08 Å². The fourth-order valence-electron chi connectivity index (χ4n) is 1.64. The lowest BCUT2D eigenvalue weighted by molar-refractivity contribution is -0.117. The second-order valence-corrected chi connectivity index (χ2v) is 6.03. The molecule has 1 heterocycles. The Hall–Kier alpha value is -1.39. The van der Waals surface area contributed by atoms with E-state index in [1.807, 2.05) is 54.8 Å². The molecule has 1 N–H and O–H groups in total. The zero-order valence-corrected chi connectivity index (χ0v) is 12.9. The number of amides is 1. The van der Waals surface area contributed by atoms with Gasteiger partial charge < -0.3 is 5.32 Å². The average molecular weight is 336 g/mol. The first kappa shape index (κ1) is 14.0. The Morgan fingerprint density at radius 2 is 2.05 bits per heavy atom. The number of benzene rings is 1. The summed E-state index contributed by atoms with van der Waals surface area (Å²) in [4.78, 5) is 12.9. The van der Waals surface area contributed by atoms with E-state index in [4.69, 9.17) is 0 Å². The Labute approximate surface area is 125 Å². The SMILES string of the molecule is C[C@@H](NC(=O)/C=C\c1cccs1)c1ccc(Br)cc1. The van der Waals surface area contributed by atoms with Crippen LogP contribution in [-0.4, -0.2) is 5.91 Å². The van der Waals surface area contributed by atoms with Crippen LogP contribution >= 0.6 is 27.3 Å². The lowest BCUT2D eigenvalue weighted by Crippen LogP contribution is -2.24. The summed E-state index contributed by atoms with van der Waals surface area (Å²) in [5.41, 5.74) is 1.08. The molecular formula is C15H14BrNOS. The highest BCUT2D eigenvalue weighted by Gasteiger charge is 2.06. The summed E-state index contributed by atoms with van der Waals surface area (Å²) >= 11 is 5.00. The van der Waals surface area contributed by atoms with Gasteiger partial charge in [-0.15, -0.1) is 11.3 Å². The molecule has 0 bridgehead atoms. The summed E-state index contributed by atoms with van der Waals surface area (Å²) in [6.45, 7) is 1.97. The number of hydrogen-bond donors (Lipinski definition) is 1. The van der Waals surface area contributed by atoms with Gasteiger partial charge in [0.05, 0.1) is 6.04 Å². The lowest BCUT2D eigenvalue weighted by Gasteiger charge is -2.12. The summed E-state index contributed by atoms with van der Waals surface area (Å²) in [6.07, 6.45) is 3.40. The van der Waals surface area contributed by atoms with Crippen molar-refractivity contribution in [1.82, 2.24) is 5.32 Å². The third-order valence-corrected chi connectivity index (χ3v) is 4.04. The van der Waals surface area contributed by atoms with E-state index in [1.165, 1.54) is 0 Å². The molecule has 1 amide bonds. The molecule has 0 aliphatic carbocycles. The highest BCUT2D eigenvalue weighted by atomic mass is 79.9. The molecule has 1 aromatic carbocycles. The van der Waals surface area contributed by atoms with Crippen LogP contribution in [0.5, 0.6) is 0 Å². The van der Waals surface area contributed by atoms with Gasteiger partial charge in [-0.2, -0.15) is 0 Å². The molecule has 0 spiro atoms. The first-order chi connectivity index (χ1) is 9.15. The quantitative estimate of drug-likeness (QED) is 0.824. The third-order valence-electron chi connectivity index (χ3n) is 2.67. The first-order valence-electron chi connectivity index (χ1n) is 5.93. The Morgan fingerprint density at radius 1 is 1.32 bits per heavy atom. The maximum atomic E-state index is 11.8. The van der Waals surface area contributed by atoms with Gasteiger partial charge in [-0.25, -0.2) is 0 Å². The molecule has 0 aliphatic heterocycles. The molecule has 0 saturated carbocycles. The van der Waals surface area contributed by atoms with Crippen molar-refractivity contribution in [1.29, 1.82) is 0 Å². The first-order valence-corrected chi connectivity index (χ1v) is 7.60. The number of halogens is 1. The minimum atomic E-state index is -0.0798. The minimum Gasteiger partial charge on any atom is -0.346 e. The zero-order chi connectivity index (χ0) is 13.7. The highest BCUT2D eigenvalue weighted by Crippen LogP contribution is 2.16. The Balaban J connectivity index is 1.93. The molecule has 0 unspecified atom stereocenters. The summed E-state index contributed by atoms with van der Waals surface area (Å²) in [5, 5.41) is 4.93. The smallest absolute Gasteiger partial charge is 0.244 e. The van der Waals surface area contributed by atoms with Crippen LogP contribution in [0.1, 0.15) is 23.4 Å². The number of rotatable bonds is 4. The second-order valence-electron chi connectivity index (χ2n) is 4.13. The van der Waals surface area contributed by atoms with Gasteiger partial charge in [-0.3, -0.25) is 4.79 Å². The molecular weight excluding hydrogens is 322 g/mol. The van der Waals surface area contributed by atoms with E-state index in [9.17, 15) is 4.79 Å². The maximum Gasteiger partial charge on any atom is 0.244 e. The number of nitrogens with one attached hydrogen (secondary N) is 1. The molecule has 2 rings (SSSR count). The van der Waals surface area contributed by atoms with Gasteiger partial charge in [0.25, 0.3) is 0 Å². The van der Waals surface area contributed by atoms with Gasteiger partial charge in [0, 0.05) is 15.4 Å². The standard InChI is InChI=1S/C15H14BrNOS/c1-11(12-4-6-13(16)7-5-12)17-15(18)9-8-14-3-2-10-19-14/h2-11H,1H3,(H,17,18)/b9-8-/t11-/m1/s1. The molecule has 0 saturated heterocycles. The number of hydrogen-bond acceptors (Lipinski definition) is 2. The number of carbonyl (C=O) groups excluding carboxylic acids is 1. The topological polar surface area (TPSA) is 29.1 Å². The van der Waals surface area contributed by atoms with Crippen molar-refractivity contribution in [2.75, 3.05) is 0 Å². The molecule has 0 aliphatic rings. The van der Waals surface area contributed by atoms with Gasteiger partial charge in [-0.05, 0) is 42.1 Å². The molecule has 2 aromatic rings. The van der Waals surface area contributed by atoms with Gasteiger partial charge in [0.15, 0.2) is 0 Å². The predicted octanol–water partition coefficient (Wildman–Crippen LogP) is 4.40. The van der Waals surface area contributed by atoms with Crippen molar-refractivity contribution >= 4 is 39.2 Å². The summed E-state index contributed by atoms with van der Waals surface area (Å²) in [6, 6.07) is 11.9. The van der Waals surface area contributed by atoms with Crippen LogP contribution in [0, 0.1) is 0 Å². The molecule has 0 fully saturated rings. The van der Waals surface area contributed by atoms with Crippen LogP contribution < -0.4 is 5.32 Å². The van der Waals surface area contributed by atoms with Crippen LogP contribution in [0.15, 0.2) is 52.3 Å². The average Bonchev–Trinajstić information content (AvgIpc) is 2.90. The summed E-state index contributed by atoms with van der Waals surface area (Å²) in [5.74, 6) is -0.0798. The zero-order valence-electron chi connectivity index (χ0n) is 10.5. The Morgan fingerprint density at radius 3 is 2.68 bits per heavy atom. The summed E-state index contributed by atoms with van der Waals surface area (Å²) in [7, 11) is 0. The van der Waals surface area contributed by atoms with Gasteiger partial charge in [0.2, 0.25) is 5.91 Å². The van der Waals surface area contributed by atoms with E-state index in [2.05, 4.69) is 21.2 Å².